The molecule has 0 bridgehead atoms. The summed E-state index contributed by atoms with van der Waals surface area (Å²) in [5.41, 5.74) is 8.16. The summed E-state index contributed by atoms with van der Waals surface area (Å²) < 4.78 is 23.8. The Bertz CT molecular complexity index is 2510. The molecule has 6 aromatic carbocycles. The quantitative estimate of drug-likeness (QED) is 0.0469. The lowest BCUT2D eigenvalue weighted by Gasteiger charge is -2.29. The number of hydrogen-bond acceptors (Lipinski definition) is 7. The van der Waals surface area contributed by atoms with E-state index in [1.807, 2.05) is 48.6 Å². The Labute approximate surface area is 351 Å². The van der Waals surface area contributed by atoms with Gasteiger partial charge in [-0.15, -0.1) is 0 Å². The van der Waals surface area contributed by atoms with Crippen molar-refractivity contribution in [2.45, 2.75) is 70.6 Å². The fourth-order valence-corrected chi connectivity index (χ4v) is 8.42. The van der Waals surface area contributed by atoms with Crippen LogP contribution in [-0.4, -0.2) is 24.5 Å². The van der Waals surface area contributed by atoms with Crippen LogP contribution in [0.25, 0.3) is 12.2 Å². The fourth-order valence-electron chi connectivity index (χ4n) is 8.42. The van der Waals surface area contributed by atoms with Crippen molar-refractivity contribution in [1.29, 1.82) is 0 Å². The van der Waals surface area contributed by atoms with E-state index in [4.69, 9.17) is 18.9 Å². The third kappa shape index (κ3) is 8.81. The number of fused-ring (bicyclic) bond motifs is 4. The maximum Gasteiger partial charge on any atom is 0.343 e. The number of hydrogen-bond donors (Lipinski definition) is 0. The van der Waals surface area contributed by atoms with Crippen molar-refractivity contribution in [2.24, 2.45) is 0 Å². The summed E-state index contributed by atoms with van der Waals surface area (Å²) >= 11 is 0. The van der Waals surface area contributed by atoms with Crippen LogP contribution in [0.1, 0.15) is 115 Å². The van der Waals surface area contributed by atoms with Gasteiger partial charge in [0.05, 0.1) is 23.3 Å². The van der Waals surface area contributed by atoms with Gasteiger partial charge in [-0.25, -0.2) is 14.4 Å². The maximum atomic E-state index is 13.7. The average Bonchev–Trinajstić information content (AvgIpc) is 3.85. The van der Waals surface area contributed by atoms with Gasteiger partial charge in [0.2, 0.25) is 0 Å². The Balaban J connectivity index is 0.940. The van der Waals surface area contributed by atoms with E-state index in [0.717, 1.165) is 71.9 Å². The van der Waals surface area contributed by atoms with Gasteiger partial charge < -0.3 is 18.9 Å². The zero-order valence-electron chi connectivity index (χ0n) is 34.1. The number of aryl methyl sites for hydroxylation is 3. The third-order valence-corrected chi connectivity index (χ3v) is 11.6. The molecule has 60 heavy (non-hydrogen) atoms. The normalized spacial score (nSPS) is 15.1. The van der Waals surface area contributed by atoms with E-state index >= 15 is 0 Å². The van der Waals surface area contributed by atoms with Crippen LogP contribution in [0.5, 0.6) is 23.0 Å². The molecule has 0 radical (unpaired) electrons. The molecule has 1 atom stereocenters. The summed E-state index contributed by atoms with van der Waals surface area (Å²) in [6, 6.07) is 40.7. The number of rotatable bonds is 14. The van der Waals surface area contributed by atoms with Crippen molar-refractivity contribution in [3.63, 3.8) is 0 Å². The van der Waals surface area contributed by atoms with Gasteiger partial charge in [-0.2, -0.15) is 0 Å². The highest BCUT2D eigenvalue weighted by Gasteiger charge is 2.49. The number of benzene rings is 6. The highest BCUT2D eigenvalue weighted by molar-refractivity contribution is 5.93. The summed E-state index contributed by atoms with van der Waals surface area (Å²) in [5.74, 6) is 0.574. The molecule has 302 valence electrons. The van der Waals surface area contributed by atoms with Gasteiger partial charge in [-0.05, 0) is 134 Å². The van der Waals surface area contributed by atoms with Crippen LogP contribution in [-0.2, 0) is 18.3 Å². The van der Waals surface area contributed by atoms with Gasteiger partial charge in [0.15, 0.2) is 0 Å². The van der Waals surface area contributed by atoms with Crippen molar-refractivity contribution >= 4 is 30.1 Å². The van der Waals surface area contributed by atoms with Gasteiger partial charge in [0.25, 0.3) is 0 Å². The summed E-state index contributed by atoms with van der Waals surface area (Å²) in [7, 11) is 0. The van der Waals surface area contributed by atoms with Gasteiger partial charge in [0.1, 0.15) is 23.0 Å². The molecule has 0 saturated carbocycles. The zero-order valence-corrected chi connectivity index (χ0v) is 34.1. The molecule has 2 aliphatic carbocycles. The first-order chi connectivity index (χ1) is 29.3. The molecule has 0 aromatic heterocycles. The Kier molecular flexibility index (Phi) is 12.0. The van der Waals surface area contributed by atoms with Crippen molar-refractivity contribution in [2.75, 3.05) is 6.61 Å². The second-order valence-electron chi connectivity index (χ2n) is 15.7. The number of esters is 3. The summed E-state index contributed by atoms with van der Waals surface area (Å²) in [6.45, 7) is 4.88. The Morgan fingerprint density at radius 1 is 0.533 bits per heavy atom. The molecule has 8 rings (SSSR count). The molecule has 0 heterocycles. The van der Waals surface area contributed by atoms with Gasteiger partial charge >= 0.3 is 17.9 Å². The first-order valence-corrected chi connectivity index (χ1v) is 20.9. The van der Waals surface area contributed by atoms with Crippen molar-refractivity contribution < 1.29 is 33.3 Å². The second-order valence-corrected chi connectivity index (χ2v) is 15.7. The van der Waals surface area contributed by atoms with E-state index in [-0.39, 0.29) is 0 Å². The predicted molar refractivity (Wildman–Crippen MR) is 234 cm³/mol. The van der Waals surface area contributed by atoms with Crippen molar-refractivity contribution in [3.8, 4) is 23.0 Å². The molecule has 0 unspecified atom stereocenters. The standard InChI is InChI=1S/C53H48O7/c1-3-4-5-6-35-57-44-27-23-42(24-28-44)50(54)58-45-29-25-43(26-30-45)52(56)60-47-12-8-10-40-32-34-53(49(40)47)33-31-39-9-7-11-46(48(39)53)59-51(55)41-21-19-38(20-22-41)18-17-37-15-13-36(2)14-16-37/h7-30H,3-6,31-35H2,1-2H3/b18-17+/t53-/m0/s1. The molecular weight excluding hydrogens is 749 g/mol. The molecule has 7 nitrogen and oxygen atoms in total. The monoisotopic (exact) mass is 796 g/mol. The Hall–Kier alpha value is -6.73. The fraction of sp³-hybridized carbons (Fsp3) is 0.226. The third-order valence-electron chi connectivity index (χ3n) is 11.6. The smallest absolute Gasteiger partial charge is 0.343 e. The lowest BCUT2D eigenvalue weighted by molar-refractivity contribution is 0.0723. The lowest BCUT2D eigenvalue weighted by Crippen LogP contribution is -2.24. The number of carbonyl (C=O) groups is 3. The maximum absolute atomic E-state index is 13.7. The van der Waals surface area contributed by atoms with Crippen LogP contribution in [0.15, 0.2) is 133 Å². The van der Waals surface area contributed by atoms with Gasteiger partial charge in [0, 0.05) is 16.5 Å². The van der Waals surface area contributed by atoms with Crippen LogP contribution in [0, 0.1) is 6.92 Å². The molecule has 0 fully saturated rings. The first kappa shape index (κ1) is 40.1. The molecular formula is C53H48O7. The number of unbranched alkanes of at least 4 members (excludes halogenated alkanes) is 3. The first-order valence-electron chi connectivity index (χ1n) is 20.9. The minimum absolute atomic E-state index is 0.308. The van der Waals surface area contributed by atoms with Crippen molar-refractivity contribution in [1.82, 2.24) is 0 Å². The molecule has 0 N–H and O–H groups in total. The molecule has 0 saturated heterocycles. The van der Waals surface area contributed by atoms with E-state index in [1.54, 1.807) is 60.7 Å². The van der Waals surface area contributed by atoms with Crippen molar-refractivity contribution in [3.05, 3.63) is 189 Å². The Morgan fingerprint density at radius 3 is 1.52 bits per heavy atom. The molecule has 2 aliphatic rings. The van der Waals surface area contributed by atoms with Crippen LogP contribution >= 0.6 is 0 Å². The van der Waals surface area contributed by atoms with Crippen LogP contribution in [0.2, 0.25) is 0 Å². The largest absolute Gasteiger partial charge is 0.494 e. The molecule has 0 amide bonds. The van der Waals surface area contributed by atoms with Crippen LogP contribution in [0.3, 0.4) is 0 Å². The molecule has 1 spiro atoms. The lowest BCUT2D eigenvalue weighted by atomic mass is 9.76. The summed E-state index contributed by atoms with van der Waals surface area (Å²) in [5, 5.41) is 0. The topological polar surface area (TPSA) is 88.1 Å². The second kappa shape index (κ2) is 18.0. The van der Waals surface area contributed by atoms with Gasteiger partial charge in [-0.3, -0.25) is 0 Å². The van der Waals surface area contributed by atoms with Gasteiger partial charge in [-0.1, -0.05) is 105 Å². The van der Waals surface area contributed by atoms with E-state index in [1.165, 1.54) is 18.4 Å². The molecule has 7 heteroatoms. The highest BCUT2D eigenvalue weighted by atomic mass is 16.5. The van der Waals surface area contributed by atoms with E-state index in [9.17, 15) is 14.4 Å². The summed E-state index contributed by atoms with van der Waals surface area (Å²) in [4.78, 5) is 40.2. The predicted octanol–water partition coefficient (Wildman–Crippen LogP) is 12.0. The van der Waals surface area contributed by atoms with Crippen LogP contribution in [0.4, 0.5) is 0 Å². The Morgan fingerprint density at radius 2 is 1.00 bits per heavy atom. The number of ether oxygens (including phenoxy) is 4. The van der Waals surface area contributed by atoms with E-state index in [0.29, 0.717) is 46.3 Å². The molecule has 6 aromatic rings. The minimum atomic E-state index is -0.524. The summed E-state index contributed by atoms with van der Waals surface area (Å²) in [6.07, 6.45) is 11.8. The highest BCUT2D eigenvalue weighted by Crippen LogP contribution is 2.57. The average molecular weight is 797 g/mol. The number of carbonyl (C=O) groups excluding carboxylic acids is 3. The SMILES string of the molecule is CCCCCCOc1ccc(C(=O)Oc2ccc(C(=O)Oc3cccc4c3[C@@]3(CCc5cccc(OC(=O)c6ccc(/C=C/c7ccc(C)cc7)cc6)c53)CC4)cc2)cc1. The zero-order chi connectivity index (χ0) is 41.5. The van der Waals surface area contributed by atoms with E-state index in [2.05, 4.69) is 50.2 Å². The van der Waals surface area contributed by atoms with Crippen LogP contribution < -0.4 is 18.9 Å². The minimum Gasteiger partial charge on any atom is -0.494 e. The molecule has 0 aliphatic heterocycles. The van der Waals surface area contributed by atoms with E-state index < -0.39 is 23.3 Å².